The van der Waals surface area contributed by atoms with E-state index in [1.54, 1.807) is 0 Å². The molecule has 1 saturated heterocycles. The van der Waals surface area contributed by atoms with Crippen molar-refractivity contribution in [2.75, 3.05) is 19.7 Å². The van der Waals surface area contributed by atoms with Crippen LogP contribution in [0.4, 0.5) is 0 Å². The summed E-state index contributed by atoms with van der Waals surface area (Å²) >= 11 is 0. The van der Waals surface area contributed by atoms with Crippen LogP contribution >= 0.6 is 0 Å². The van der Waals surface area contributed by atoms with Crippen LogP contribution in [0.3, 0.4) is 0 Å². The molecule has 1 heterocycles. The molecule has 3 heteroatoms. The lowest BCUT2D eigenvalue weighted by atomic mass is 9.91. The molecule has 1 aromatic carbocycles. The normalized spacial score (nSPS) is 26.9. The highest BCUT2D eigenvalue weighted by atomic mass is 16.3. The van der Waals surface area contributed by atoms with E-state index in [9.17, 15) is 5.11 Å². The van der Waals surface area contributed by atoms with E-state index < -0.39 is 5.54 Å². The maximum Gasteiger partial charge on any atom is 0.0623 e. The van der Waals surface area contributed by atoms with Crippen molar-refractivity contribution in [1.29, 1.82) is 0 Å². The van der Waals surface area contributed by atoms with Gasteiger partial charge in [0, 0.05) is 13.1 Å². The smallest absolute Gasteiger partial charge is 0.0623 e. The summed E-state index contributed by atoms with van der Waals surface area (Å²) in [6.45, 7) is 2.88. The molecule has 0 radical (unpaired) electrons. The summed E-state index contributed by atoms with van der Waals surface area (Å²) < 4.78 is 0. The molecule has 1 aromatic rings. The number of benzene rings is 1. The summed E-state index contributed by atoms with van der Waals surface area (Å²) in [7, 11) is 0. The Labute approximate surface area is 96.9 Å². The molecule has 16 heavy (non-hydrogen) atoms. The Balaban J connectivity index is 1.96. The molecule has 1 aliphatic rings. The van der Waals surface area contributed by atoms with Gasteiger partial charge in [0.15, 0.2) is 0 Å². The van der Waals surface area contributed by atoms with Crippen LogP contribution in [0.2, 0.25) is 0 Å². The highest BCUT2D eigenvalue weighted by molar-refractivity contribution is 5.14. The van der Waals surface area contributed by atoms with Crippen LogP contribution in [0.5, 0.6) is 0 Å². The minimum atomic E-state index is -0.396. The third-order valence-corrected chi connectivity index (χ3v) is 3.25. The Hall–Kier alpha value is -0.900. The predicted molar refractivity (Wildman–Crippen MR) is 65.0 cm³/mol. The summed E-state index contributed by atoms with van der Waals surface area (Å²) in [4.78, 5) is 2.33. The zero-order valence-corrected chi connectivity index (χ0v) is 9.60. The fourth-order valence-corrected chi connectivity index (χ4v) is 2.36. The quantitative estimate of drug-likeness (QED) is 0.798. The van der Waals surface area contributed by atoms with Gasteiger partial charge in [0.05, 0.1) is 12.1 Å². The van der Waals surface area contributed by atoms with Gasteiger partial charge in [-0.05, 0) is 24.9 Å². The topological polar surface area (TPSA) is 49.5 Å². The summed E-state index contributed by atoms with van der Waals surface area (Å²) in [5.41, 5.74) is 7.02. The number of aliphatic hydroxyl groups excluding tert-OH is 1. The molecule has 3 N–H and O–H groups in total. The standard InChI is InChI=1S/C13H20N2O/c14-13(11-16)7-4-8-15(10-13)9-12-5-2-1-3-6-12/h1-3,5-6,16H,4,7-11,14H2. The van der Waals surface area contributed by atoms with Gasteiger partial charge >= 0.3 is 0 Å². The molecular formula is C13H20N2O. The number of likely N-dealkylation sites (tertiary alicyclic amines) is 1. The molecule has 0 amide bonds. The summed E-state index contributed by atoms with van der Waals surface area (Å²) in [6.07, 6.45) is 2.00. The van der Waals surface area contributed by atoms with Crippen molar-refractivity contribution >= 4 is 0 Å². The van der Waals surface area contributed by atoms with Crippen molar-refractivity contribution in [1.82, 2.24) is 4.90 Å². The van der Waals surface area contributed by atoms with Gasteiger partial charge in [-0.2, -0.15) is 0 Å². The van der Waals surface area contributed by atoms with E-state index in [1.165, 1.54) is 5.56 Å². The van der Waals surface area contributed by atoms with Gasteiger partial charge in [-0.25, -0.2) is 0 Å². The van der Waals surface area contributed by atoms with Crippen molar-refractivity contribution in [3.05, 3.63) is 35.9 Å². The molecule has 3 nitrogen and oxygen atoms in total. The second-order valence-electron chi connectivity index (χ2n) is 4.82. The average molecular weight is 220 g/mol. The number of aliphatic hydroxyl groups is 1. The highest BCUT2D eigenvalue weighted by Crippen LogP contribution is 2.19. The molecule has 2 rings (SSSR count). The SMILES string of the molecule is NC1(CO)CCCN(Cc2ccccc2)C1. The molecular weight excluding hydrogens is 200 g/mol. The first kappa shape index (κ1) is 11.6. The number of nitrogens with zero attached hydrogens (tertiary/aromatic N) is 1. The van der Waals surface area contributed by atoms with Gasteiger partial charge in [0.25, 0.3) is 0 Å². The van der Waals surface area contributed by atoms with E-state index in [2.05, 4.69) is 29.2 Å². The molecule has 1 unspecified atom stereocenters. The van der Waals surface area contributed by atoms with Gasteiger partial charge in [-0.3, -0.25) is 4.90 Å². The predicted octanol–water partition coefficient (Wildman–Crippen LogP) is 0.972. The van der Waals surface area contributed by atoms with E-state index >= 15 is 0 Å². The molecule has 88 valence electrons. The highest BCUT2D eigenvalue weighted by Gasteiger charge is 2.30. The van der Waals surface area contributed by atoms with E-state index in [4.69, 9.17) is 5.73 Å². The van der Waals surface area contributed by atoms with Gasteiger partial charge in [0.1, 0.15) is 0 Å². The van der Waals surface area contributed by atoms with Gasteiger partial charge in [0.2, 0.25) is 0 Å². The Morgan fingerprint density at radius 3 is 2.75 bits per heavy atom. The molecule has 0 spiro atoms. The van der Waals surface area contributed by atoms with E-state index in [-0.39, 0.29) is 6.61 Å². The van der Waals surface area contributed by atoms with Crippen LogP contribution in [0.25, 0.3) is 0 Å². The molecule has 1 fully saturated rings. The lowest BCUT2D eigenvalue weighted by molar-refractivity contribution is 0.0901. The van der Waals surface area contributed by atoms with E-state index in [1.807, 2.05) is 6.07 Å². The second-order valence-corrected chi connectivity index (χ2v) is 4.82. The Morgan fingerprint density at radius 1 is 1.31 bits per heavy atom. The van der Waals surface area contributed by atoms with Crippen molar-refractivity contribution in [2.24, 2.45) is 5.73 Å². The number of nitrogens with two attached hydrogens (primary N) is 1. The van der Waals surface area contributed by atoms with Crippen LogP contribution in [0.1, 0.15) is 18.4 Å². The van der Waals surface area contributed by atoms with Crippen molar-refractivity contribution in [3.8, 4) is 0 Å². The molecule has 1 aliphatic heterocycles. The monoisotopic (exact) mass is 220 g/mol. The largest absolute Gasteiger partial charge is 0.394 e. The molecule has 0 aromatic heterocycles. The first-order chi connectivity index (χ1) is 7.72. The first-order valence-corrected chi connectivity index (χ1v) is 5.88. The first-order valence-electron chi connectivity index (χ1n) is 5.88. The number of piperidine rings is 1. The molecule has 1 atom stereocenters. The third kappa shape index (κ3) is 2.82. The van der Waals surface area contributed by atoms with Crippen LogP contribution in [0.15, 0.2) is 30.3 Å². The van der Waals surface area contributed by atoms with Crippen LogP contribution in [-0.2, 0) is 6.54 Å². The minimum Gasteiger partial charge on any atom is -0.394 e. The zero-order chi connectivity index (χ0) is 11.4. The minimum absolute atomic E-state index is 0.0816. The van der Waals surface area contributed by atoms with Crippen molar-refractivity contribution < 1.29 is 5.11 Å². The van der Waals surface area contributed by atoms with E-state index in [0.717, 1.165) is 32.5 Å². The molecule has 0 aliphatic carbocycles. The lowest BCUT2D eigenvalue weighted by Gasteiger charge is -2.39. The Morgan fingerprint density at radius 2 is 2.06 bits per heavy atom. The maximum atomic E-state index is 9.28. The second kappa shape index (κ2) is 4.95. The summed E-state index contributed by atoms with van der Waals surface area (Å²) in [5, 5.41) is 9.28. The number of rotatable bonds is 3. The zero-order valence-electron chi connectivity index (χ0n) is 9.60. The van der Waals surface area contributed by atoms with Crippen molar-refractivity contribution in [3.63, 3.8) is 0 Å². The third-order valence-electron chi connectivity index (χ3n) is 3.25. The number of hydrogen-bond acceptors (Lipinski definition) is 3. The Bertz CT molecular complexity index is 328. The van der Waals surface area contributed by atoms with Crippen LogP contribution in [-0.4, -0.2) is 35.2 Å². The summed E-state index contributed by atoms with van der Waals surface area (Å²) in [6, 6.07) is 10.4. The van der Waals surface area contributed by atoms with Crippen LogP contribution in [0, 0.1) is 0 Å². The fourth-order valence-electron chi connectivity index (χ4n) is 2.36. The van der Waals surface area contributed by atoms with Gasteiger partial charge < -0.3 is 10.8 Å². The van der Waals surface area contributed by atoms with Gasteiger partial charge in [-0.15, -0.1) is 0 Å². The molecule has 0 bridgehead atoms. The number of hydrogen-bond donors (Lipinski definition) is 2. The molecule has 0 saturated carbocycles. The fraction of sp³-hybridized carbons (Fsp3) is 0.538. The van der Waals surface area contributed by atoms with Crippen molar-refractivity contribution in [2.45, 2.75) is 24.9 Å². The maximum absolute atomic E-state index is 9.28. The van der Waals surface area contributed by atoms with E-state index in [0.29, 0.717) is 0 Å². The lowest BCUT2D eigenvalue weighted by Crippen LogP contribution is -2.56. The van der Waals surface area contributed by atoms with Gasteiger partial charge in [-0.1, -0.05) is 30.3 Å². The Kier molecular flexibility index (Phi) is 3.59. The summed E-state index contributed by atoms with van der Waals surface area (Å²) in [5.74, 6) is 0. The average Bonchev–Trinajstić information content (AvgIpc) is 2.30. The van der Waals surface area contributed by atoms with Crippen LogP contribution < -0.4 is 5.73 Å².